The molecule has 4 rings (SSSR count). The van der Waals surface area contributed by atoms with E-state index in [1.165, 1.54) is 33.3 Å². The molecule has 3 aromatic rings. The van der Waals surface area contributed by atoms with Gasteiger partial charge in [0.05, 0.1) is 6.42 Å². The van der Waals surface area contributed by atoms with Gasteiger partial charge in [0.2, 0.25) is 0 Å². The monoisotopic (exact) mass is 395 g/mol. The Bertz CT molecular complexity index is 1020. The van der Waals surface area contributed by atoms with Gasteiger partial charge in [0.15, 0.2) is 0 Å². The van der Waals surface area contributed by atoms with Crippen LogP contribution in [0.2, 0.25) is 5.02 Å². The summed E-state index contributed by atoms with van der Waals surface area (Å²) >= 11 is 6.06. The van der Waals surface area contributed by atoms with Crippen LogP contribution in [0.5, 0.6) is 0 Å². The Kier molecular flexibility index (Phi) is 5.20. The largest absolute Gasteiger partial charge is 0.481 e. The Morgan fingerprint density at radius 1 is 1.21 bits per heavy atom. The van der Waals surface area contributed by atoms with Crippen molar-refractivity contribution in [3.8, 4) is 0 Å². The number of fused-ring (bicyclic) bond motifs is 3. The maximum atomic E-state index is 11.5. The molecule has 0 spiro atoms. The highest BCUT2D eigenvalue weighted by Crippen LogP contribution is 2.41. The van der Waals surface area contributed by atoms with Gasteiger partial charge in [0.1, 0.15) is 0 Å². The summed E-state index contributed by atoms with van der Waals surface area (Å²) in [5, 5.41) is 11.5. The molecular formula is C24H26ClNO2. The van der Waals surface area contributed by atoms with Crippen LogP contribution in [0.3, 0.4) is 0 Å². The minimum Gasteiger partial charge on any atom is -0.481 e. The summed E-state index contributed by atoms with van der Waals surface area (Å²) in [5.41, 5.74) is 6.29. The average molecular weight is 396 g/mol. The maximum Gasteiger partial charge on any atom is 0.304 e. The van der Waals surface area contributed by atoms with E-state index >= 15 is 0 Å². The number of carboxylic acids is 1. The van der Waals surface area contributed by atoms with Crippen molar-refractivity contribution >= 4 is 28.5 Å². The lowest BCUT2D eigenvalue weighted by Crippen LogP contribution is -2.17. The Morgan fingerprint density at radius 3 is 2.64 bits per heavy atom. The fraction of sp³-hybridized carbons (Fsp3) is 0.375. The number of hydrogen-bond donors (Lipinski definition) is 1. The molecule has 0 radical (unpaired) electrons. The SMILES string of the molecule is CC(C)c1ccc2c(c1)c1c(n2Cc2ccc(Cl)cc2)C(CC(=O)O)CCC1. The fourth-order valence-corrected chi connectivity index (χ4v) is 4.69. The van der Waals surface area contributed by atoms with E-state index in [4.69, 9.17) is 11.6 Å². The average Bonchev–Trinajstić information content (AvgIpc) is 2.97. The van der Waals surface area contributed by atoms with Crippen molar-refractivity contribution in [2.45, 2.75) is 57.9 Å². The van der Waals surface area contributed by atoms with Crippen molar-refractivity contribution in [1.29, 1.82) is 0 Å². The standard InChI is InChI=1S/C24H26ClNO2/c1-15(2)17-8-11-22-21(12-17)20-5-3-4-18(13-23(27)28)24(20)26(22)14-16-6-9-19(25)10-7-16/h6-12,15,18H,3-5,13-14H2,1-2H3,(H,27,28). The molecular weight excluding hydrogens is 370 g/mol. The maximum absolute atomic E-state index is 11.5. The highest BCUT2D eigenvalue weighted by atomic mass is 35.5. The Labute approximate surface area is 170 Å². The predicted octanol–water partition coefficient (Wildman–Crippen LogP) is 6.36. The second-order valence-corrected chi connectivity index (χ2v) is 8.63. The van der Waals surface area contributed by atoms with E-state index in [1.807, 2.05) is 12.1 Å². The molecule has 0 saturated carbocycles. The van der Waals surface area contributed by atoms with Gasteiger partial charge >= 0.3 is 5.97 Å². The molecule has 2 aromatic carbocycles. The molecule has 1 aliphatic carbocycles. The number of aromatic nitrogens is 1. The van der Waals surface area contributed by atoms with Crippen molar-refractivity contribution in [1.82, 2.24) is 4.57 Å². The van der Waals surface area contributed by atoms with Gasteiger partial charge in [0, 0.05) is 34.1 Å². The number of nitrogens with zero attached hydrogens (tertiary/aromatic N) is 1. The normalized spacial score (nSPS) is 16.5. The van der Waals surface area contributed by atoms with Gasteiger partial charge < -0.3 is 9.67 Å². The topological polar surface area (TPSA) is 42.2 Å². The Balaban J connectivity index is 1.90. The summed E-state index contributed by atoms with van der Waals surface area (Å²) in [6, 6.07) is 14.7. The number of carbonyl (C=O) groups is 1. The zero-order chi connectivity index (χ0) is 19.8. The first kappa shape index (κ1) is 19.1. The van der Waals surface area contributed by atoms with E-state index in [2.05, 4.69) is 48.7 Å². The van der Waals surface area contributed by atoms with E-state index in [9.17, 15) is 9.90 Å². The van der Waals surface area contributed by atoms with Gasteiger partial charge in [0.25, 0.3) is 0 Å². The molecule has 1 aliphatic rings. The Morgan fingerprint density at radius 2 is 1.96 bits per heavy atom. The molecule has 1 heterocycles. The molecule has 0 saturated heterocycles. The number of halogens is 1. The third-order valence-electron chi connectivity index (χ3n) is 5.94. The first-order valence-electron chi connectivity index (χ1n) is 10.0. The molecule has 1 atom stereocenters. The van der Waals surface area contributed by atoms with Crippen LogP contribution in [0.1, 0.15) is 67.3 Å². The second kappa shape index (κ2) is 7.63. The lowest BCUT2D eigenvalue weighted by molar-refractivity contribution is -0.137. The number of carboxylic acid groups (broad SMARTS) is 1. The van der Waals surface area contributed by atoms with Crippen LogP contribution in [-0.2, 0) is 17.8 Å². The smallest absolute Gasteiger partial charge is 0.304 e. The lowest BCUT2D eigenvalue weighted by Gasteiger charge is -2.24. The van der Waals surface area contributed by atoms with Gasteiger partial charge in [-0.2, -0.15) is 0 Å². The number of aliphatic carboxylic acids is 1. The molecule has 1 unspecified atom stereocenters. The third kappa shape index (κ3) is 3.56. The summed E-state index contributed by atoms with van der Waals surface area (Å²) < 4.78 is 2.35. The minimum absolute atomic E-state index is 0.0726. The van der Waals surface area contributed by atoms with E-state index in [-0.39, 0.29) is 12.3 Å². The van der Waals surface area contributed by atoms with Crippen molar-refractivity contribution in [3.05, 3.63) is 69.9 Å². The summed E-state index contributed by atoms with van der Waals surface area (Å²) in [4.78, 5) is 11.5. The Hall–Kier alpha value is -2.26. The van der Waals surface area contributed by atoms with Crippen LogP contribution in [0.25, 0.3) is 10.9 Å². The summed E-state index contributed by atoms with van der Waals surface area (Å²) in [5.74, 6) is -0.175. The van der Waals surface area contributed by atoms with Crippen LogP contribution in [0.4, 0.5) is 0 Å². The van der Waals surface area contributed by atoms with E-state index in [1.54, 1.807) is 0 Å². The van der Waals surface area contributed by atoms with Crippen LogP contribution in [-0.4, -0.2) is 15.6 Å². The van der Waals surface area contributed by atoms with Gasteiger partial charge in [-0.05, 0) is 66.1 Å². The molecule has 0 amide bonds. The molecule has 1 N–H and O–H groups in total. The predicted molar refractivity (Wildman–Crippen MR) is 115 cm³/mol. The van der Waals surface area contributed by atoms with Crippen molar-refractivity contribution < 1.29 is 9.90 Å². The zero-order valence-corrected chi connectivity index (χ0v) is 17.2. The highest BCUT2D eigenvalue weighted by Gasteiger charge is 2.29. The molecule has 3 nitrogen and oxygen atoms in total. The molecule has 146 valence electrons. The number of benzene rings is 2. The molecule has 0 bridgehead atoms. The van der Waals surface area contributed by atoms with E-state index in [0.717, 1.165) is 30.8 Å². The van der Waals surface area contributed by atoms with Crippen molar-refractivity contribution in [2.75, 3.05) is 0 Å². The molecule has 0 aliphatic heterocycles. The van der Waals surface area contributed by atoms with E-state index < -0.39 is 5.97 Å². The van der Waals surface area contributed by atoms with Crippen molar-refractivity contribution in [2.24, 2.45) is 0 Å². The minimum atomic E-state index is -0.719. The number of rotatable bonds is 5. The molecule has 0 fully saturated rings. The summed E-state index contributed by atoms with van der Waals surface area (Å²) in [7, 11) is 0. The van der Waals surface area contributed by atoms with Crippen LogP contribution < -0.4 is 0 Å². The molecule has 1 aromatic heterocycles. The summed E-state index contributed by atoms with van der Waals surface area (Å²) in [6.07, 6.45) is 3.21. The lowest BCUT2D eigenvalue weighted by atomic mass is 9.84. The molecule has 4 heteroatoms. The highest BCUT2D eigenvalue weighted by molar-refractivity contribution is 6.30. The van der Waals surface area contributed by atoms with E-state index in [0.29, 0.717) is 5.92 Å². The van der Waals surface area contributed by atoms with Crippen LogP contribution >= 0.6 is 11.6 Å². The zero-order valence-electron chi connectivity index (χ0n) is 16.4. The van der Waals surface area contributed by atoms with Gasteiger partial charge in [-0.25, -0.2) is 0 Å². The van der Waals surface area contributed by atoms with Gasteiger partial charge in [-0.1, -0.05) is 43.6 Å². The number of aryl methyl sites for hydroxylation is 1. The van der Waals surface area contributed by atoms with Crippen molar-refractivity contribution in [3.63, 3.8) is 0 Å². The van der Waals surface area contributed by atoms with Crippen LogP contribution in [0, 0.1) is 0 Å². The van der Waals surface area contributed by atoms with Crippen LogP contribution in [0.15, 0.2) is 42.5 Å². The quantitative estimate of drug-likeness (QED) is 0.546. The first-order chi connectivity index (χ1) is 13.4. The van der Waals surface area contributed by atoms with Gasteiger partial charge in [-0.15, -0.1) is 0 Å². The number of hydrogen-bond acceptors (Lipinski definition) is 1. The molecule has 28 heavy (non-hydrogen) atoms. The second-order valence-electron chi connectivity index (χ2n) is 8.19. The first-order valence-corrected chi connectivity index (χ1v) is 10.4. The van der Waals surface area contributed by atoms with Gasteiger partial charge in [-0.3, -0.25) is 4.79 Å². The third-order valence-corrected chi connectivity index (χ3v) is 6.20. The summed E-state index contributed by atoms with van der Waals surface area (Å²) in [6.45, 7) is 5.16. The fourth-order valence-electron chi connectivity index (χ4n) is 4.56.